The SMILES string of the molecule is CNc1ncc(S(=O)(=O)c2ccc(C)cc2)s1. The molecule has 1 N–H and O–H groups in total. The van der Waals surface area contributed by atoms with E-state index in [-0.39, 0.29) is 4.21 Å². The Balaban J connectivity index is 2.46. The molecule has 0 radical (unpaired) electrons. The minimum Gasteiger partial charge on any atom is -0.365 e. The lowest BCUT2D eigenvalue weighted by Crippen LogP contribution is -1.99. The van der Waals surface area contributed by atoms with Crippen molar-refractivity contribution in [2.24, 2.45) is 0 Å². The summed E-state index contributed by atoms with van der Waals surface area (Å²) in [6.45, 7) is 1.92. The molecule has 2 aromatic rings. The molecule has 6 heteroatoms. The monoisotopic (exact) mass is 268 g/mol. The average Bonchev–Trinajstić information content (AvgIpc) is 2.78. The number of thiazole rings is 1. The molecule has 1 aromatic carbocycles. The number of nitrogens with one attached hydrogen (secondary N) is 1. The summed E-state index contributed by atoms with van der Waals surface area (Å²) in [5.41, 5.74) is 1.03. The van der Waals surface area contributed by atoms with Gasteiger partial charge < -0.3 is 5.32 Å². The zero-order chi connectivity index (χ0) is 12.5. The number of nitrogens with zero attached hydrogens (tertiary/aromatic N) is 1. The van der Waals surface area contributed by atoms with Gasteiger partial charge in [-0.05, 0) is 19.1 Å². The van der Waals surface area contributed by atoms with Gasteiger partial charge >= 0.3 is 0 Å². The number of rotatable bonds is 3. The van der Waals surface area contributed by atoms with E-state index in [1.807, 2.05) is 6.92 Å². The molecule has 0 aliphatic heterocycles. The summed E-state index contributed by atoms with van der Waals surface area (Å²) in [4.78, 5) is 4.27. The summed E-state index contributed by atoms with van der Waals surface area (Å²) in [6.07, 6.45) is 1.38. The Hall–Kier alpha value is -1.40. The predicted octanol–water partition coefficient (Wildman–Crippen LogP) is 2.33. The molecule has 2 rings (SSSR count). The summed E-state index contributed by atoms with van der Waals surface area (Å²) in [5, 5.41) is 3.42. The Morgan fingerprint density at radius 1 is 1.24 bits per heavy atom. The first-order chi connectivity index (χ1) is 8.04. The molecule has 0 spiro atoms. The normalized spacial score (nSPS) is 11.4. The molecule has 90 valence electrons. The number of hydrogen-bond donors (Lipinski definition) is 1. The lowest BCUT2D eigenvalue weighted by atomic mass is 10.2. The number of sulfone groups is 1. The van der Waals surface area contributed by atoms with Gasteiger partial charge in [0.05, 0.1) is 11.1 Å². The van der Waals surface area contributed by atoms with Crippen LogP contribution in [0.25, 0.3) is 0 Å². The number of aromatic nitrogens is 1. The Morgan fingerprint density at radius 3 is 2.41 bits per heavy atom. The summed E-state index contributed by atoms with van der Waals surface area (Å²) in [7, 11) is -1.72. The van der Waals surface area contributed by atoms with Crippen molar-refractivity contribution in [3.05, 3.63) is 36.0 Å². The molecular weight excluding hydrogens is 256 g/mol. The van der Waals surface area contributed by atoms with Crippen molar-refractivity contribution in [2.75, 3.05) is 12.4 Å². The van der Waals surface area contributed by atoms with Gasteiger partial charge in [0.1, 0.15) is 4.21 Å². The van der Waals surface area contributed by atoms with E-state index in [9.17, 15) is 8.42 Å². The molecule has 0 unspecified atom stereocenters. The highest BCUT2D eigenvalue weighted by atomic mass is 32.2. The van der Waals surface area contributed by atoms with E-state index >= 15 is 0 Å². The Morgan fingerprint density at radius 2 is 1.88 bits per heavy atom. The van der Waals surface area contributed by atoms with Crippen LogP contribution in [0.2, 0.25) is 0 Å². The quantitative estimate of drug-likeness (QED) is 0.928. The number of aryl methyl sites for hydroxylation is 1. The molecule has 0 saturated carbocycles. The fraction of sp³-hybridized carbons (Fsp3) is 0.182. The summed E-state index contributed by atoms with van der Waals surface area (Å²) in [5.74, 6) is 0. The van der Waals surface area contributed by atoms with E-state index in [1.165, 1.54) is 6.20 Å². The zero-order valence-electron chi connectivity index (χ0n) is 9.47. The van der Waals surface area contributed by atoms with E-state index in [2.05, 4.69) is 10.3 Å². The van der Waals surface area contributed by atoms with Gasteiger partial charge in [0.2, 0.25) is 9.84 Å². The molecule has 0 saturated heterocycles. The Bertz CT molecular complexity index is 615. The topological polar surface area (TPSA) is 59.1 Å². The second-order valence-electron chi connectivity index (χ2n) is 3.55. The van der Waals surface area contributed by atoms with Crippen LogP contribution >= 0.6 is 11.3 Å². The number of anilines is 1. The van der Waals surface area contributed by atoms with Gasteiger partial charge in [-0.1, -0.05) is 29.0 Å². The molecule has 17 heavy (non-hydrogen) atoms. The fourth-order valence-electron chi connectivity index (χ4n) is 1.33. The van der Waals surface area contributed by atoms with Crippen LogP contribution in [0.3, 0.4) is 0 Å². The highest BCUT2D eigenvalue weighted by molar-refractivity contribution is 7.93. The first-order valence-corrected chi connectivity index (χ1v) is 7.29. The molecule has 0 aliphatic carbocycles. The molecule has 0 bridgehead atoms. The Labute approximate surface area is 104 Å². The van der Waals surface area contributed by atoms with E-state index < -0.39 is 9.84 Å². The standard InChI is InChI=1S/C11H12N2O2S2/c1-8-3-5-9(6-4-8)17(14,15)10-7-13-11(12-2)16-10/h3-7H,1-2H3,(H,12,13). The maximum Gasteiger partial charge on any atom is 0.217 e. The van der Waals surface area contributed by atoms with E-state index in [4.69, 9.17) is 0 Å². The Kier molecular flexibility index (Phi) is 3.17. The van der Waals surface area contributed by atoms with Crippen molar-refractivity contribution in [3.8, 4) is 0 Å². The van der Waals surface area contributed by atoms with Gasteiger partial charge in [-0.3, -0.25) is 0 Å². The maximum atomic E-state index is 12.2. The minimum absolute atomic E-state index is 0.255. The van der Waals surface area contributed by atoms with Crippen molar-refractivity contribution < 1.29 is 8.42 Å². The van der Waals surface area contributed by atoms with Crippen LogP contribution in [-0.2, 0) is 9.84 Å². The summed E-state index contributed by atoms with van der Waals surface area (Å²) in [6, 6.07) is 6.80. The average molecular weight is 268 g/mol. The molecule has 1 aromatic heterocycles. The minimum atomic E-state index is -3.43. The first-order valence-electron chi connectivity index (χ1n) is 4.99. The van der Waals surface area contributed by atoms with Crippen LogP contribution in [0.5, 0.6) is 0 Å². The molecule has 0 aliphatic rings. The smallest absolute Gasteiger partial charge is 0.217 e. The van der Waals surface area contributed by atoms with E-state index in [0.717, 1.165) is 16.9 Å². The highest BCUT2D eigenvalue weighted by Crippen LogP contribution is 2.28. The first kappa shape index (κ1) is 12.1. The van der Waals surface area contributed by atoms with Crippen LogP contribution in [0.4, 0.5) is 5.13 Å². The molecule has 1 heterocycles. The third-order valence-electron chi connectivity index (χ3n) is 2.29. The molecular formula is C11H12N2O2S2. The van der Waals surface area contributed by atoms with Crippen molar-refractivity contribution in [2.45, 2.75) is 16.0 Å². The molecule has 4 nitrogen and oxygen atoms in total. The number of hydrogen-bond acceptors (Lipinski definition) is 5. The molecule has 0 amide bonds. The third kappa shape index (κ3) is 2.32. The lowest BCUT2D eigenvalue weighted by Gasteiger charge is -2.01. The van der Waals surface area contributed by atoms with Crippen LogP contribution in [0.1, 0.15) is 5.56 Å². The fourth-order valence-corrected chi connectivity index (χ4v) is 3.72. The number of benzene rings is 1. The van der Waals surface area contributed by atoms with Crippen molar-refractivity contribution in [1.29, 1.82) is 0 Å². The third-order valence-corrected chi connectivity index (χ3v) is 5.54. The van der Waals surface area contributed by atoms with Crippen molar-refractivity contribution >= 4 is 26.3 Å². The van der Waals surface area contributed by atoms with Crippen LogP contribution in [0.15, 0.2) is 39.6 Å². The largest absolute Gasteiger partial charge is 0.365 e. The van der Waals surface area contributed by atoms with Gasteiger partial charge in [-0.15, -0.1) is 0 Å². The van der Waals surface area contributed by atoms with Gasteiger partial charge in [0, 0.05) is 7.05 Å². The van der Waals surface area contributed by atoms with Crippen LogP contribution < -0.4 is 5.32 Å². The predicted molar refractivity (Wildman–Crippen MR) is 68.3 cm³/mol. The second-order valence-corrected chi connectivity index (χ2v) is 6.76. The zero-order valence-corrected chi connectivity index (χ0v) is 11.1. The van der Waals surface area contributed by atoms with E-state index in [0.29, 0.717) is 10.0 Å². The highest BCUT2D eigenvalue weighted by Gasteiger charge is 2.20. The lowest BCUT2D eigenvalue weighted by molar-refractivity contribution is 0.598. The van der Waals surface area contributed by atoms with Gasteiger partial charge in [-0.25, -0.2) is 13.4 Å². The summed E-state index contributed by atoms with van der Waals surface area (Å²) >= 11 is 1.13. The summed E-state index contributed by atoms with van der Waals surface area (Å²) < 4.78 is 24.7. The maximum absolute atomic E-state index is 12.2. The van der Waals surface area contributed by atoms with Crippen molar-refractivity contribution in [1.82, 2.24) is 4.98 Å². The molecule has 0 atom stereocenters. The van der Waals surface area contributed by atoms with Crippen LogP contribution in [-0.4, -0.2) is 20.4 Å². The van der Waals surface area contributed by atoms with Gasteiger partial charge in [0.15, 0.2) is 5.13 Å². The van der Waals surface area contributed by atoms with Crippen molar-refractivity contribution in [3.63, 3.8) is 0 Å². The van der Waals surface area contributed by atoms with E-state index in [1.54, 1.807) is 31.3 Å². The van der Waals surface area contributed by atoms with Gasteiger partial charge in [0.25, 0.3) is 0 Å². The second kappa shape index (κ2) is 4.46. The van der Waals surface area contributed by atoms with Gasteiger partial charge in [-0.2, -0.15) is 0 Å². The van der Waals surface area contributed by atoms with Crippen LogP contribution in [0, 0.1) is 6.92 Å². The molecule has 0 fully saturated rings.